The SMILES string of the molecule is OC[C@H]1OC(O)[C@H](O)[C@@H](OCCCCCCCCOc2ccnc3cc(C(F)(F)F)ccc23)[C@@H]1O. The van der Waals surface area contributed by atoms with E-state index in [2.05, 4.69) is 4.98 Å². The Morgan fingerprint density at radius 2 is 1.60 bits per heavy atom. The molecular formula is C24H32F3NO7. The summed E-state index contributed by atoms with van der Waals surface area (Å²) in [6.45, 7) is 0.236. The highest BCUT2D eigenvalue weighted by Gasteiger charge is 2.44. The Kier molecular flexibility index (Phi) is 10.1. The standard InChI is InChI=1S/C24H32F3NO7/c25-24(26,27)15-7-8-16-17(13-15)28-10-9-18(16)33-11-5-3-1-2-4-6-12-34-22-20(30)19(14-29)35-23(32)21(22)31/h7-10,13,19-23,29-32H,1-6,11-12,14H2/t19-,20-,21-,22+,23?/m1/s1. The van der Waals surface area contributed by atoms with Gasteiger partial charge in [0.1, 0.15) is 30.2 Å². The summed E-state index contributed by atoms with van der Waals surface area (Å²) >= 11 is 0. The fraction of sp³-hybridized carbons (Fsp3) is 0.625. The number of hydrogen-bond donors (Lipinski definition) is 4. The second kappa shape index (κ2) is 12.8. The Morgan fingerprint density at radius 1 is 0.914 bits per heavy atom. The number of unbranched alkanes of at least 4 members (excludes halogenated alkanes) is 5. The maximum Gasteiger partial charge on any atom is 0.416 e. The molecule has 0 bridgehead atoms. The second-order valence-corrected chi connectivity index (χ2v) is 8.57. The number of rotatable bonds is 12. The molecule has 0 radical (unpaired) electrons. The zero-order chi connectivity index (χ0) is 25.4. The van der Waals surface area contributed by atoms with Crippen LogP contribution in [-0.2, 0) is 15.7 Å². The van der Waals surface area contributed by atoms with E-state index in [9.17, 15) is 33.6 Å². The number of aromatic nitrogens is 1. The van der Waals surface area contributed by atoms with Crippen molar-refractivity contribution >= 4 is 10.9 Å². The van der Waals surface area contributed by atoms with Crippen molar-refractivity contribution in [2.75, 3.05) is 19.8 Å². The Hall–Kier alpha value is -2.02. The van der Waals surface area contributed by atoms with Gasteiger partial charge in [-0.3, -0.25) is 4.98 Å². The van der Waals surface area contributed by atoms with Gasteiger partial charge in [-0.05, 0) is 37.1 Å². The normalized spacial score (nSPS) is 25.2. The number of alkyl halides is 3. The number of fused-ring (bicyclic) bond motifs is 1. The lowest BCUT2D eigenvalue weighted by atomic mass is 9.99. The van der Waals surface area contributed by atoms with Crippen molar-refractivity contribution in [3.8, 4) is 5.75 Å². The third-order valence-electron chi connectivity index (χ3n) is 5.98. The molecule has 8 nitrogen and oxygen atoms in total. The van der Waals surface area contributed by atoms with Gasteiger partial charge in [-0.2, -0.15) is 13.2 Å². The summed E-state index contributed by atoms with van der Waals surface area (Å²) in [4.78, 5) is 4.01. The van der Waals surface area contributed by atoms with Crippen LogP contribution in [0.2, 0.25) is 0 Å². The maximum atomic E-state index is 12.9. The average molecular weight is 504 g/mol. The molecule has 11 heteroatoms. The number of ether oxygens (including phenoxy) is 3. The van der Waals surface area contributed by atoms with Crippen LogP contribution in [0.3, 0.4) is 0 Å². The first-order chi connectivity index (χ1) is 16.7. The highest BCUT2D eigenvalue weighted by atomic mass is 19.4. The highest BCUT2D eigenvalue weighted by molar-refractivity contribution is 5.85. The van der Waals surface area contributed by atoms with Crippen LogP contribution in [0, 0.1) is 0 Å². The van der Waals surface area contributed by atoms with Crippen LogP contribution in [0.5, 0.6) is 5.75 Å². The minimum Gasteiger partial charge on any atom is -0.493 e. The smallest absolute Gasteiger partial charge is 0.416 e. The molecule has 0 spiro atoms. The van der Waals surface area contributed by atoms with Gasteiger partial charge in [-0.25, -0.2) is 0 Å². The van der Waals surface area contributed by atoms with E-state index < -0.39 is 49.1 Å². The average Bonchev–Trinajstić information content (AvgIpc) is 2.83. The molecule has 1 fully saturated rings. The quantitative estimate of drug-likeness (QED) is 0.326. The lowest BCUT2D eigenvalue weighted by molar-refractivity contribution is -0.294. The van der Waals surface area contributed by atoms with Gasteiger partial charge in [-0.15, -0.1) is 0 Å². The van der Waals surface area contributed by atoms with Gasteiger partial charge in [0.25, 0.3) is 0 Å². The lowest BCUT2D eigenvalue weighted by Crippen LogP contribution is -2.59. The zero-order valence-corrected chi connectivity index (χ0v) is 19.2. The number of nitrogens with zero attached hydrogens (tertiary/aromatic N) is 1. The summed E-state index contributed by atoms with van der Waals surface area (Å²) in [7, 11) is 0. The molecule has 3 rings (SSSR count). The van der Waals surface area contributed by atoms with Crippen molar-refractivity contribution in [2.45, 2.75) is 75.4 Å². The largest absolute Gasteiger partial charge is 0.493 e. The van der Waals surface area contributed by atoms with E-state index in [4.69, 9.17) is 14.2 Å². The van der Waals surface area contributed by atoms with E-state index in [1.54, 1.807) is 6.07 Å². The van der Waals surface area contributed by atoms with Gasteiger partial charge in [0.05, 0.1) is 24.3 Å². The lowest BCUT2D eigenvalue weighted by Gasteiger charge is -2.39. The van der Waals surface area contributed by atoms with Gasteiger partial charge in [0.15, 0.2) is 6.29 Å². The van der Waals surface area contributed by atoms with Gasteiger partial charge < -0.3 is 34.6 Å². The molecule has 0 saturated carbocycles. The molecular weight excluding hydrogens is 471 g/mol. The van der Waals surface area contributed by atoms with Crippen molar-refractivity contribution in [1.82, 2.24) is 4.98 Å². The Bertz CT molecular complexity index is 930. The number of aliphatic hydroxyl groups excluding tert-OH is 4. The first-order valence-corrected chi connectivity index (χ1v) is 11.7. The molecule has 1 aliphatic rings. The fourth-order valence-corrected chi connectivity index (χ4v) is 4.00. The molecule has 0 aliphatic carbocycles. The predicted molar refractivity (Wildman–Crippen MR) is 120 cm³/mol. The van der Waals surface area contributed by atoms with Gasteiger partial charge in [-0.1, -0.05) is 25.7 Å². The van der Waals surface area contributed by atoms with Crippen LogP contribution in [0.1, 0.15) is 44.1 Å². The van der Waals surface area contributed by atoms with Crippen molar-refractivity contribution in [1.29, 1.82) is 0 Å². The maximum absolute atomic E-state index is 12.9. The van der Waals surface area contributed by atoms with E-state index in [0.717, 1.165) is 44.2 Å². The third-order valence-corrected chi connectivity index (χ3v) is 5.98. The zero-order valence-electron chi connectivity index (χ0n) is 19.2. The summed E-state index contributed by atoms with van der Waals surface area (Å²) in [6.07, 6.45) is -3.97. The molecule has 1 unspecified atom stereocenters. The first kappa shape index (κ1) is 27.6. The highest BCUT2D eigenvalue weighted by Crippen LogP contribution is 2.33. The summed E-state index contributed by atoms with van der Waals surface area (Å²) in [5.41, 5.74) is -0.506. The van der Waals surface area contributed by atoms with E-state index in [0.29, 0.717) is 24.2 Å². The van der Waals surface area contributed by atoms with Crippen molar-refractivity contribution in [3.05, 3.63) is 36.0 Å². The molecule has 35 heavy (non-hydrogen) atoms. The van der Waals surface area contributed by atoms with Crippen LogP contribution < -0.4 is 4.74 Å². The number of halogens is 3. The third kappa shape index (κ3) is 7.48. The molecule has 1 aromatic carbocycles. The minimum absolute atomic E-state index is 0.238. The van der Waals surface area contributed by atoms with Crippen LogP contribution in [0.4, 0.5) is 13.2 Å². The van der Waals surface area contributed by atoms with Crippen molar-refractivity contribution in [2.24, 2.45) is 0 Å². The van der Waals surface area contributed by atoms with Gasteiger partial charge in [0, 0.05) is 18.2 Å². The van der Waals surface area contributed by atoms with Crippen LogP contribution in [0.25, 0.3) is 10.9 Å². The number of hydrogen-bond acceptors (Lipinski definition) is 8. The predicted octanol–water partition coefficient (Wildman–Crippen LogP) is 2.79. The minimum atomic E-state index is -4.42. The van der Waals surface area contributed by atoms with E-state index in [-0.39, 0.29) is 12.1 Å². The van der Waals surface area contributed by atoms with Gasteiger partial charge >= 0.3 is 6.18 Å². The van der Waals surface area contributed by atoms with Crippen LogP contribution in [-0.4, -0.2) is 75.9 Å². The fourth-order valence-electron chi connectivity index (χ4n) is 4.00. The Balaban J connectivity index is 1.30. The molecule has 2 heterocycles. The molecule has 0 amide bonds. The van der Waals surface area contributed by atoms with E-state index in [1.165, 1.54) is 12.3 Å². The van der Waals surface area contributed by atoms with E-state index in [1.807, 2.05) is 0 Å². The molecule has 2 aromatic rings. The summed E-state index contributed by atoms with van der Waals surface area (Å²) in [5, 5.41) is 39.4. The Morgan fingerprint density at radius 3 is 2.29 bits per heavy atom. The summed E-state index contributed by atoms with van der Waals surface area (Å²) in [6, 6.07) is 5.06. The molecule has 196 valence electrons. The van der Waals surface area contributed by atoms with Gasteiger partial charge in [0.2, 0.25) is 0 Å². The summed E-state index contributed by atoms with van der Waals surface area (Å²) < 4.78 is 54.9. The van der Waals surface area contributed by atoms with Crippen molar-refractivity contribution in [3.63, 3.8) is 0 Å². The molecule has 1 saturated heterocycles. The second-order valence-electron chi connectivity index (χ2n) is 8.57. The molecule has 1 aliphatic heterocycles. The number of pyridine rings is 1. The molecule has 4 N–H and O–H groups in total. The van der Waals surface area contributed by atoms with Crippen LogP contribution in [0.15, 0.2) is 30.5 Å². The molecule has 5 atom stereocenters. The Labute approximate surface area is 201 Å². The first-order valence-electron chi connectivity index (χ1n) is 11.7. The van der Waals surface area contributed by atoms with Crippen LogP contribution >= 0.6 is 0 Å². The topological polar surface area (TPSA) is 122 Å². The monoisotopic (exact) mass is 503 g/mol. The molecule has 1 aromatic heterocycles. The number of benzene rings is 1. The summed E-state index contributed by atoms with van der Waals surface area (Å²) in [5.74, 6) is 0.506. The number of aliphatic hydroxyl groups is 4. The van der Waals surface area contributed by atoms with E-state index >= 15 is 0 Å². The van der Waals surface area contributed by atoms with Crippen molar-refractivity contribution < 1.29 is 47.8 Å².